The second-order valence-electron chi connectivity index (χ2n) is 4.59. The van der Waals surface area contributed by atoms with Crippen molar-refractivity contribution in [1.82, 2.24) is 5.32 Å². The molecule has 0 heterocycles. The van der Waals surface area contributed by atoms with Crippen molar-refractivity contribution in [3.63, 3.8) is 0 Å². The number of ether oxygens (including phenoxy) is 1. The summed E-state index contributed by atoms with van der Waals surface area (Å²) in [4.78, 5) is 12.2. The number of hydrogen-bond donors (Lipinski definition) is 1. The summed E-state index contributed by atoms with van der Waals surface area (Å²) in [5.41, 5.74) is 1.38. The molecule has 1 N–H and O–H groups in total. The molecule has 3 nitrogen and oxygen atoms in total. The molecular weight excluding hydrogens is 309 g/mol. The number of methoxy groups -OCH3 is 1. The third kappa shape index (κ3) is 3.90. The van der Waals surface area contributed by atoms with Crippen molar-refractivity contribution in [3.8, 4) is 5.75 Å². The Hall–Kier alpha value is -1.71. The lowest BCUT2D eigenvalue weighted by Gasteiger charge is -2.15. The average Bonchev–Trinajstić information content (AvgIpc) is 2.47. The summed E-state index contributed by atoms with van der Waals surface area (Å²) in [5, 5.41) is 3.74. The largest absolute Gasteiger partial charge is 0.497 e. The first kappa shape index (κ1) is 15.7. The second-order valence-corrected chi connectivity index (χ2v) is 5.44. The van der Waals surface area contributed by atoms with Crippen molar-refractivity contribution in [2.24, 2.45) is 0 Å². The Balaban J connectivity index is 2.10. The van der Waals surface area contributed by atoms with Crippen LogP contribution in [0.4, 0.5) is 0 Å². The molecule has 0 radical (unpaired) electrons. The molecule has 21 heavy (non-hydrogen) atoms. The van der Waals surface area contributed by atoms with E-state index in [9.17, 15) is 4.79 Å². The van der Waals surface area contributed by atoms with Crippen LogP contribution in [0.1, 0.15) is 28.9 Å². The number of benzene rings is 2. The van der Waals surface area contributed by atoms with Crippen LogP contribution in [0.3, 0.4) is 0 Å². The number of amides is 1. The number of rotatable bonds is 4. The van der Waals surface area contributed by atoms with E-state index in [-0.39, 0.29) is 11.9 Å². The Labute approximate surface area is 133 Å². The summed E-state index contributed by atoms with van der Waals surface area (Å²) in [5.74, 6) is 0.540. The highest BCUT2D eigenvalue weighted by Crippen LogP contribution is 2.22. The predicted molar refractivity (Wildman–Crippen MR) is 85.3 cm³/mol. The minimum absolute atomic E-state index is 0.143. The lowest BCUT2D eigenvalue weighted by atomic mass is 10.1. The minimum Gasteiger partial charge on any atom is -0.497 e. The van der Waals surface area contributed by atoms with Crippen LogP contribution in [0.5, 0.6) is 5.75 Å². The Kier molecular flexibility index (Phi) is 5.10. The van der Waals surface area contributed by atoms with Gasteiger partial charge in [0.25, 0.3) is 5.91 Å². The monoisotopic (exact) mass is 323 g/mol. The van der Waals surface area contributed by atoms with Crippen LogP contribution in [-0.4, -0.2) is 13.0 Å². The molecule has 2 aromatic carbocycles. The van der Waals surface area contributed by atoms with Crippen LogP contribution in [0, 0.1) is 0 Å². The number of halogens is 2. The van der Waals surface area contributed by atoms with Gasteiger partial charge in [0, 0.05) is 5.02 Å². The van der Waals surface area contributed by atoms with Gasteiger partial charge in [-0.3, -0.25) is 4.79 Å². The third-order valence-electron chi connectivity index (χ3n) is 3.14. The van der Waals surface area contributed by atoms with Gasteiger partial charge in [-0.2, -0.15) is 0 Å². The van der Waals surface area contributed by atoms with E-state index in [4.69, 9.17) is 27.9 Å². The maximum absolute atomic E-state index is 12.2. The molecule has 0 unspecified atom stereocenters. The molecule has 0 aliphatic rings. The first-order valence-electron chi connectivity index (χ1n) is 6.41. The summed E-state index contributed by atoms with van der Waals surface area (Å²) in [7, 11) is 1.61. The molecule has 0 saturated heterocycles. The van der Waals surface area contributed by atoms with Crippen LogP contribution in [0.25, 0.3) is 0 Å². The Morgan fingerprint density at radius 1 is 1.14 bits per heavy atom. The lowest BCUT2D eigenvalue weighted by Crippen LogP contribution is -2.26. The van der Waals surface area contributed by atoms with Crippen LogP contribution >= 0.6 is 23.2 Å². The molecule has 1 atom stereocenters. The van der Waals surface area contributed by atoms with Crippen molar-refractivity contribution in [3.05, 3.63) is 63.6 Å². The Morgan fingerprint density at radius 2 is 1.81 bits per heavy atom. The van der Waals surface area contributed by atoms with Crippen molar-refractivity contribution in [2.45, 2.75) is 13.0 Å². The van der Waals surface area contributed by atoms with Gasteiger partial charge in [0.05, 0.1) is 23.7 Å². The van der Waals surface area contributed by atoms with Gasteiger partial charge in [-0.15, -0.1) is 0 Å². The molecule has 2 rings (SSSR count). The number of hydrogen-bond acceptors (Lipinski definition) is 2. The molecule has 0 bridgehead atoms. The highest BCUT2D eigenvalue weighted by Gasteiger charge is 2.14. The maximum Gasteiger partial charge on any atom is 0.253 e. The van der Waals surface area contributed by atoms with E-state index in [1.54, 1.807) is 25.3 Å². The fourth-order valence-corrected chi connectivity index (χ4v) is 2.42. The molecule has 0 aliphatic heterocycles. The van der Waals surface area contributed by atoms with Gasteiger partial charge in [-0.1, -0.05) is 35.3 Å². The summed E-state index contributed by atoms with van der Waals surface area (Å²) >= 11 is 11.9. The summed E-state index contributed by atoms with van der Waals surface area (Å²) < 4.78 is 5.11. The van der Waals surface area contributed by atoms with Crippen molar-refractivity contribution in [1.29, 1.82) is 0 Å². The van der Waals surface area contributed by atoms with Gasteiger partial charge < -0.3 is 10.1 Å². The molecule has 110 valence electrons. The summed E-state index contributed by atoms with van der Waals surface area (Å²) in [6.45, 7) is 1.91. The van der Waals surface area contributed by atoms with Crippen molar-refractivity contribution in [2.75, 3.05) is 7.11 Å². The molecule has 0 aromatic heterocycles. The first-order chi connectivity index (χ1) is 10.0. The highest BCUT2D eigenvalue weighted by atomic mass is 35.5. The number of carbonyl (C=O) groups excluding carboxylic acids is 1. The molecule has 2 aromatic rings. The third-order valence-corrected chi connectivity index (χ3v) is 3.69. The van der Waals surface area contributed by atoms with Crippen molar-refractivity contribution >= 4 is 29.1 Å². The zero-order valence-electron chi connectivity index (χ0n) is 11.7. The topological polar surface area (TPSA) is 38.3 Å². The van der Waals surface area contributed by atoms with E-state index in [0.29, 0.717) is 15.6 Å². The van der Waals surface area contributed by atoms with Gasteiger partial charge in [0.15, 0.2) is 0 Å². The highest BCUT2D eigenvalue weighted by molar-refractivity contribution is 6.36. The fraction of sp³-hybridized carbons (Fsp3) is 0.188. The van der Waals surface area contributed by atoms with E-state index in [0.717, 1.165) is 11.3 Å². The SMILES string of the molecule is COc1ccc([C@@H](C)NC(=O)c2ccc(Cl)cc2Cl)cc1. The van der Waals surface area contributed by atoms with Gasteiger partial charge in [-0.25, -0.2) is 0 Å². The zero-order chi connectivity index (χ0) is 15.4. The van der Waals surface area contributed by atoms with Crippen LogP contribution in [0.2, 0.25) is 10.0 Å². The van der Waals surface area contributed by atoms with E-state index < -0.39 is 0 Å². The smallest absolute Gasteiger partial charge is 0.253 e. The van der Waals surface area contributed by atoms with E-state index >= 15 is 0 Å². The zero-order valence-corrected chi connectivity index (χ0v) is 13.2. The second kappa shape index (κ2) is 6.83. The van der Waals surface area contributed by atoms with Crippen molar-refractivity contribution < 1.29 is 9.53 Å². The molecule has 0 saturated carbocycles. The van der Waals surface area contributed by atoms with Crippen LogP contribution < -0.4 is 10.1 Å². The molecule has 5 heteroatoms. The van der Waals surface area contributed by atoms with E-state index in [1.165, 1.54) is 0 Å². The van der Waals surface area contributed by atoms with Gasteiger partial charge in [0.2, 0.25) is 0 Å². The molecule has 0 fully saturated rings. The average molecular weight is 324 g/mol. The molecule has 1 amide bonds. The summed E-state index contributed by atoms with van der Waals surface area (Å²) in [6.07, 6.45) is 0. The molecular formula is C16H15Cl2NO2. The lowest BCUT2D eigenvalue weighted by molar-refractivity contribution is 0.0940. The summed E-state index contributed by atoms with van der Waals surface area (Å²) in [6, 6.07) is 12.2. The normalized spacial score (nSPS) is 11.8. The Morgan fingerprint density at radius 3 is 2.38 bits per heavy atom. The van der Waals surface area contributed by atoms with E-state index in [2.05, 4.69) is 5.32 Å². The fourth-order valence-electron chi connectivity index (χ4n) is 1.92. The quantitative estimate of drug-likeness (QED) is 0.900. The standard InChI is InChI=1S/C16H15Cl2NO2/c1-10(11-3-6-13(21-2)7-4-11)19-16(20)14-8-5-12(17)9-15(14)18/h3-10H,1-2H3,(H,19,20)/t10-/m1/s1. The van der Waals surface area contributed by atoms with E-state index in [1.807, 2.05) is 31.2 Å². The maximum atomic E-state index is 12.2. The number of nitrogens with one attached hydrogen (secondary N) is 1. The van der Waals surface area contributed by atoms with Gasteiger partial charge in [0.1, 0.15) is 5.75 Å². The van der Waals surface area contributed by atoms with Gasteiger partial charge in [-0.05, 0) is 42.8 Å². The van der Waals surface area contributed by atoms with Crippen LogP contribution in [0.15, 0.2) is 42.5 Å². The van der Waals surface area contributed by atoms with Crippen LogP contribution in [-0.2, 0) is 0 Å². The predicted octanol–water partition coefficient (Wildman–Crippen LogP) is 4.49. The van der Waals surface area contributed by atoms with Gasteiger partial charge >= 0.3 is 0 Å². The number of carbonyl (C=O) groups is 1. The first-order valence-corrected chi connectivity index (χ1v) is 7.16. The minimum atomic E-state index is -0.236. The molecule has 0 spiro atoms. The Bertz CT molecular complexity index is 641. The molecule has 0 aliphatic carbocycles.